The highest BCUT2D eigenvalue weighted by atomic mass is 35.5. The monoisotopic (exact) mass is 466 g/mol. The number of hydrogen-bond donors (Lipinski definition) is 0. The normalized spacial score (nSPS) is 24.9. The van der Waals surface area contributed by atoms with Crippen LogP contribution in [0, 0.1) is 17.8 Å². The summed E-state index contributed by atoms with van der Waals surface area (Å²) < 4.78 is 5.55. The molecule has 0 spiro atoms. The smallest absolute Gasteiger partial charge is 0.316 e. The average Bonchev–Trinajstić information content (AvgIpc) is 3.32. The molecule has 7 nitrogen and oxygen atoms in total. The van der Waals surface area contributed by atoms with Crippen LogP contribution in [0.25, 0.3) is 0 Å². The van der Waals surface area contributed by atoms with Crippen molar-refractivity contribution in [2.45, 2.75) is 32.1 Å². The standard InChI is InChI=1S/C25H23ClN2O5/c26-16-5-3-6-17(12-16)27-14-15(11-22(27)29)25(32)33-19-8-4-7-18(13-19)28-23(30)20-9-1-2-10-21(20)24(28)31/h3-8,12-13,15,20-21H,1-2,9-11,14H2/t15-,20-,21+/m1/s1. The van der Waals surface area contributed by atoms with E-state index in [9.17, 15) is 19.2 Å². The van der Waals surface area contributed by atoms with E-state index in [1.54, 1.807) is 42.5 Å². The van der Waals surface area contributed by atoms with Crippen LogP contribution in [-0.2, 0) is 19.2 Å². The number of carbonyl (C=O) groups is 4. The third kappa shape index (κ3) is 4.02. The lowest BCUT2D eigenvalue weighted by atomic mass is 9.81. The SMILES string of the molecule is O=C(Oc1cccc(N2C(=O)[C@H]3CCCC[C@H]3C2=O)c1)[C@@H]1CC(=O)N(c2cccc(Cl)c2)C1. The molecule has 3 atom stereocenters. The molecular weight excluding hydrogens is 444 g/mol. The zero-order chi connectivity index (χ0) is 23.1. The average molecular weight is 467 g/mol. The van der Waals surface area contributed by atoms with Crippen molar-refractivity contribution in [3.63, 3.8) is 0 Å². The van der Waals surface area contributed by atoms with Crippen molar-refractivity contribution < 1.29 is 23.9 Å². The van der Waals surface area contributed by atoms with Crippen LogP contribution in [0.3, 0.4) is 0 Å². The summed E-state index contributed by atoms with van der Waals surface area (Å²) in [6.45, 7) is 0.199. The molecule has 2 aliphatic heterocycles. The maximum Gasteiger partial charge on any atom is 0.316 e. The first kappa shape index (κ1) is 21.6. The Morgan fingerprint density at radius 1 is 0.909 bits per heavy atom. The Morgan fingerprint density at radius 3 is 2.27 bits per heavy atom. The number of fused-ring (bicyclic) bond motifs is 1. The molecule has 33 heavy (non-hydrogen) atoms. The Kier molecular flexibility index (Phi) is 5.66. The van der Waals surface area contributed by atoms with E-state index in [4.69, 9.17) is 16.3 Å². The number of amides is 3. The second kappa shape index (κ2) is 8.63. The van der Waals surface area contributed by atoms with Gasteiger partial charge in [0.1, 0.15) is 5.75 Å². The van der Waals surface area contributed by atoms with E-state index < -0.39 is 11.9 Å². The number of rotatable bonds is 4. The summed E-state index contributed by atoms with van der Waals surface area (Å²) in [5.74, 6) is -1.95. The molecule has 170 valence electrons. The molecule has 0 aromatic heterocycles. The van der Waals surface area contributed by atoms with Crippen molar-refractivity contribution in [1.29, 1.82) is 0 Å². The van der Waals surface area contributed by atoms with E-state index in [0.717, 1.165) is 25.7 Å². The van der Waals surface area contributed by atoms with Gasteiger partial charge in [-0.2, -0.15) is 0 Å². The van der Waals surface area contributed by atoms with Crippen LogP contribution in [0.5, 0.6) is 5.75 Å². The molecule has 0 bridgehead atoms. The number of carbonyl (C=O) groups excluding carboxylic acids is 4. The van der Waals surface area contributed by atoms with Gasteiger partial charge in [0.25, 0.3) is 0 Å². The van der Waals surface area contributed by atoms with Crippen molar-refractivity contribution >= 4 is 46.7 Å². The first-order valence-corrected chi connectivity index (χ1v) is 11.6. The summed E-state index contributed by atoms with van der Waals surface area (Å²) in [5, 5.41) is 0.508. The van der Waals surface area contributed by atoms with Gasteiger partial charge in [0, 0.05) is 29.7 Å². The second-order valence-electron chi connectivity index (χ2n) is 8.81. The second-order valence-corrected chi connectivity index (χ2v) is 9.25. The van der Waals surface area contributed by atoms with E-state index in [-0.39, 0.29) is 48.3 Å². The lowest BCUT2D eigenvalue weighted by molar-refractivity contribution is -0.139. The van der Waals surface area contributed by atoms with Crippen LogP contribution in [0.1, 0.15) is 32.1 Å². The summed E-state index contributed by atoms with van der Waals surface area (Å²) >= 11 is 6.02. The molecule has 2 saturated heterocycles. The van der Waals surface area contributed by atoms with Crippen LogP contribution in [-0.4, -0.2) is 30.2 Å². The van der Waals surface area contributed by atoms with E-state index in [1.165, 1.54) is 15.9 Å². The first-order valence-electron chi connectivity index (χ1n) is 11.2. The van der Waals surface area contributed by atoms with Gasteiger partial charge in [0.2, 0.25) is 17.7 Å². The zero-order valence-electron chi connectivity index (χ0n) is 17.9. The third-order valence-corrected chi connectivity index (χ3v) is 6.95. The highest BCUT2D eigenvalue weighted by Gasteiger charge is 2.48. The Morgan fingerprint density at radius 2 is 1.58 bits per heavy atom. The van der Waals surface area contributed by atoms with E-state index in [0.29, 0.717) is 16.4 Å². The minimum absolute atomic E-state index is 0.0392. The van der Waals surface area contributed by atoms with Gasteiger partial charge in [-0.25, -0.2) is 4.90 Å². The van der Waals surface area contributed by atoms with Gasteiger partial charge in [0.05, 0.1) is 23.4 Å². The number of benzene rings is 2. The molecule has 1 saturated carbocycles. The Hall–Kier alpha value is -3.19. The molecule has 1 aliphatic carbocycles. The van der Waals surface area contributed by atoms with Crippen LogP contribution in [0.4, 0.5) is 11.4 Å². The van der Waals surface area contributed by atoms with Gasteiger partial charge in [0.15, 0.2) is 0 Å². The fourth-order valence-corrected chi connectivity index (χ4v) is 5.25. The maximum atomic E-state index is 12.9. The van der Waals surface area contributed by atoms with Gasteiger partial charge in [-0.05, 0) is 43.2 Å². The van der Waals surface area contributed by atoms with Crippen molar-refractivity contribution in [1.82, 2.24) is 0 Å². The number of hydrogen-bond acceptors (Lipinski definition) is 5. The van der Waals surface area contributed by atoms with Crippen molar-refractivity contribution in [2.24, 2.45) is 17.8 Å². The lowest BCUT2D eigenvalue weighted by Crippen LogP contribution is -2.31. The molecule has 0 unspecified atom stereocenters. The Labute approximate surface area is 196 Å². The highest BCUT2D eigenvalue weighted by molar-refractivity contribution is 6.31. The summed E-state index contributed by atoms with van der Waals surface area (Å²) in [5.41, 5.74) is 1.05. The van der Waals surface area contributed by atoms with Crippen molar-refractivity contribution in [3.05, 3.63) is 53.6 Å². The quantitative estimate of drug-likeness (QED) is 0.386. The van der Waals surface area contributed by atoms with Crippen molar-refractivity contribution in [3.8, 4) is 5.75 Å². The van der Waals surface area contributed by atoms with E-state index in [1.807, 2.05) is 0 Å². The zero-order valence-corrected chi connectivity index (χ0v) is 18.7. The fourth-order valence-electron chi connectivity index (χ4n) is 5.06. The summed E-state index contributed by atoms with van der Waals surface area (Å²) in [4.78, 5) is 53.8. The summed E-state index contributed by atoms with van der Waals surface area (Å²) in [6.07, 6.45) is 3.42. The minimum atomic E-state index is -0.627. The molecule has 8 heteroatoms. The maximum absolute atomic E-state index is 12.9. The number of anilines is 2. The molecule has 3 aliphatic rings. The van der Waals surface area contributed by atoms with Crippen molar-refractivity contribution in [2.75, 3.05) is 16.3 Å². The first-order chi connectivity index (χ1) is 15.9. The Balaban J connectivity index is 1.29. The van der Waals surface area contributed by atoms with Gasteiger partial charge < -0.3 is 9.64 Å². The topological polar surface area (TPSA) is 84.0 Å². The molecular formula is C25H23ClN2O5. The molecule has 2 heterocycles. The minimum Gasteiger partial charge on any atom is -0.426 e. The molecule has 2 aromatic rings. The number of halogens is 1. The summed E-state index contributed by atoms with van der Waals surface area (Å²) in [7, 11) is 0. The third-order valence-electron chi connectivity index (χ3n) is 6.71. The number of imide groups is 1. The lowest BCUT2D eigenvalue weighted by Gasteiger charge is -2.19. The van der Waals surface area contributed by atoms with Gasteiger partial charge in [-0.1, -0.05) is 36.6 Å². The molecule has 0 radical (unpaired) electrons. The van der Waals surface area contributed by atoms with E-state index >= 15 is 0 Å². The van der Waals surface area contributed by atoms with Gasteiger partial charge in [-0.15, -0.1) is 0 Å². The predicted octanol–water partition coefficient (Wildman–Crippen LogP) is 3.98. The van der Waals surface area contributed by atoms with Crippen LogP contribution in [0.2, 0.25) is 5.02 Å². The fraction of sp³-hybridized carbons (Fsp3) is 0.360. The van der Waals surface area contributed by atoms with Gasteiger partial charge in [-0.3, -0.25) is 19.2 Å². The molecule has 3 amide bonds. The molecule has 5 rings (SSSR count). The number of ether oxygens (including phenoxy) is 1. The number of nitrogens with zero attached hydrogens (tertiary/aromatic N) is 2. The Bertz CT molecular complexity index is 1130. The van der Waals surface area contributed by atoms with Crippen LogP contribution >= 0.6 is 11.6 Å². The molecule has 0 N–H and O–H groups in total. The highest BCUT2D eigenvalue weighted by Crippen LogP contribution is 2.40. The molecule has 2 aromatic carbocycles. The molecule has 3 fully saturated rings. The van der Waals surface area contributed by atoms with E-state index in [2.05, 4.69) is 0 Å². The van der Waals surface area contributed by atoms with Crippen LogP contribution in [0.15, 0.2) is 48.5 Å². The number of esters is 1. The van der Waals surface area contributed by atoms with Gasteiger partial charge >= 0.3 is 5.97 Å². The predicted molar refractivity (Wildman–Crippen MR) is 122 cm³/mol. The summed E-state index contributed by atoms with van der Waals surface area (Å²) in [6, 6.07) is 13.4. The largest absolute Gasteiger partial charge is 0.426 e. The van der Waals surface area contributed by atoms with Crippen LogP contribution < -0.4 is 14.5 Å².